The van der Waals surface area contributed by atoms with Crippen molar-refractivity contribution in [1.29, 1.82) is 0 Å². The Morgan fingerprint density at radius 2 is 2.06 bits per heavy atom. The molecule has 2 rings (SSSR count). The Morgan fingerprint density at radius 3 is 2.61 bits per heavy atom. The van der Waals surface area contributed by atoms with Gasteiger partial charge in [-0.25, -0.2) is 4.98 Å². The summed E-state index contributed by atoms with van der Waals surface area (Å²) in [4.78, 5) is 15.7. The zero-order valence-electron chi connectivity index (χ0n) is 10.9. The zero-order valence-corrected chi connectivity index (χ0v) is 11.7. The van der Waals surface area contributed by atoms with E-state index in [1.165, 1.54) is 18.3 Å². The molecule has 1 heterocycles. The van der Waals surface area contributed by atoms with E-state index in [1.54, 1.807) is 12.5 Å². The third-order valence-corrected chi connectivity index (χ3v) is 3.60. The molecule has 0 bridgehead atoms. The summed E-state index contributed by atoms with van der Waals surface area (Å²) in [6.07, 6.45) is 0. The first-order valence-electron chi connectivity index (χ1n) is 5.65. The molecule has 0 fully saturated rings. The van der Waals surface area contributed by atoms with Crippen molar-refractivity contribution in [2.45, 2.75) is 20.8 Å². The average molecular weight is 261 g/mol. The number of thiazole rings is 1. The van der Waals surface area contributed by atoms with Crippen LogP contribution in [0.2, 0.25) is 0 Å². The molecule has 0 atom stereocenters. The van der Waals surface area contributed by atoms with Crippen molar-refractivity contribution in [1.82, 2.24) is 4.98 Å². The minimum Gasteiger partial charge on any atom is -0.496 e. The van der Waals surface area contributed by atoms with E-state index < -0.39 is 0 Å². The summed E-state index contributed by atoms with van der Waals surface area (Å²) in [5.41, 5.74) is 3.74. The van der Waals surface area contributed by atoms with E-state index in [1.807, 2.05) is 19.9 Å². The second-order valence-electron chi connectivity index (χ2n) is 4.25. The summed E-state index contributed by atoms with van der Waals surface area (Å²) in [5.74, 6) is 0.790. The fraction of sp³-hybridized carbons (Fsp3) is 0.286. The van der Waals surface area contributed by atoms with Gasteiger partial charge in [0.25, 0.3) is 0 Å². The number of Topliss-reactive ketones (excluding diaryl/α,β-unsaturated/α-hetero) is 1. The van der Waals surface area contributed by atoms with Gasteiger partial charge in [-0.1, -0.05) is 6.07 Å². The largest absolute Gasteiger partial charge is 0.496 e. The van der Waals surface area contributed by atoms with Gasteiger partial charge in [-0.15, -0.1) is 11.3 Å². The molecule has 0 saturated heterocycles. The molecule has 94 valence electrons. The molecule has 0 aliphatic rings. The number of aromatic nitrogens is 1. The van der Waals surface area contributed by atoms with Crippen LogP contribution in [0.3, 0.4) is 0 Å². The van der Waals surface area contributed by atoms with Crippen molar-refractivity contribution >= 4 is 17.1 Å². The van der Waals surface area contributed by atoms with E-state index in [-0.39, 0.29) is 5.78 Å². The third-order valence-electron chi connectivity index (χ3n) is 2.74. The summed E-state index contributed by atoms with van der Waals surface area (Å²) in [6.45, 7) is 5.58. The van der Waals surface area contributed by atoms with Crippen LogP contribution in [-0.2, 0) is 0 Å². The van der Waals surface area contributed by atoms with Crippen molar-refractivity contribution < 1.29 is 9.53 Å². The van der Waals surface area contributed by atoms with Gasteiger partial charge in [0, 0.05) is 12.3 Å². The maximum atomic E-state index is 11.3. The first-order valence-corrected chi connectivity index (χ1v) is 6.53. The van der Waals surface area contributed by atoms with Crippen LogP contribution in [0, 0.1) is 13.8 Å². The standard InChI is InChI=1S/C14H15NO2S/c1-8-5-9(2)13(12(6-8)17-4)14-15-11(7-18-14)10(3)16/h5-7H,1-4H3. The van der Waals surface area contributed by atoms with Crippen molar-refractivity contribution in [3.05, 3.63) is 34.3 Å². The summed E-state index contributed by atoms with van der Waals surface area (Å²) in [5, 5.41) is 2.62. The second kappa shape index (κ2) is 4.90. The highest BCUT2D eigenvalue weighted by Crippen LogP contribution is 2.36. The molecule has 18 heavy (non-hydrogen) atoms. The predicted molar refractivity (Wildman–Crippen MR) is 73.6 cm³/mol. The van der Waals surface area contributed by atoms with Crippen LogP contribution in [0.4, 0.5) is 0 Å². The van der Waals surface area contributed by atoms with Crippen molar-refractivity contribution in [2.24, 2.45) is 0 Å². The number of carbonyl (C=O) groups is 1. The Kier molecular flexibility index (Phi) is 3.48. The molecule has 0 radical (unpaired) electrons. The van der Waals surface area contributed by atoms with Crippen LogP contribution < -0.4 is 4.74 Å². The van der Waals surface area contributed by atoms with Crippen molar-refractivity contribution in [3.8, 4) is 16.3 Å². The van der Waals surface area contributed by atoms with E-state index in [0.717, 1.165) is 27.4 Å². The Labute approximate surface area is 110 Å². The number of hydrogen-bond acceptors (Lipinski definition) is 4. The summed E-state index contributed by atoms with van der Waals surface area (Å²) >= 11 is 1.47. The van der Waals surface area contributed by atoms with Crippen LogP contribution >= 0.6 is 11.3 Å². The molecular formula is C14H15NO2S. The number of methoxy groups -OCH3 is 1. The van der Waals surface area contributed by atoms with Crippen LogP contribution in [-0.4, -0.2) is 17.9 Å². The van der Waals surface area contributed by atoms with Gasteiger partial charge in [0.2, 0.25) is 0 Å². The Hall–Kier alpha value is -1.68. The number of rotatable bonds is 3. The normalized spacial score (nSPS) is 10.4. The smallest absolute Gasteiger partial charge is 0.178 e. The number of carbonyl (C=O) groups excluding carboxylic acids is 1. The lowest BCUT2D eigenvalue weighted by Crippen LogP contribution is -1.94. The second-order valence-corrected chi connectivity index (χ2v) is 5.11. The van der Waals surface area contributed by atoms with Gasteiger partial charge in [-0.3, -0.25) is 4.79 Å². The molecule has 0 amide bonds. The molecule has 3 nitrogen and oxygen atoms in total. The first-order chi connectivity index (χ1) is 8.52. The molecule has 0 unspecified atom stereocenters. The Balaban J connectivity index is 2.58. The highest BCUT2D eigenvalue weighted by atomic mass is 32.1. The number of hydrogen-bond donors (Lipinski definition) is 0. The summed E-state index contributed by atoms with van der Waals surface area (Å²) in [7, 11) is 1.65. The fourth-order valence-corrected chi connectivity index (χ4v) is 2.89. The minimum absolute atomic E-state index is 0.0127. The average Bonchev–Trinajstić information content (AvgIpc) is 2.77. The number of benzene rings is 1. The van der Waals surface area contributed by atoms with E-state index in [4.69, 9.17) is 4.74 Å². The molecule has 0 aliphatic heterocycles. The van der Waals surface area contributed by atoms with E-state index in [9.17, 15) is 4.79 Å². The van der Waals surface area contributed by atoms with E-state index >= 15 is 0 Å². The van der Waals surface area contributed by atoms with Gasteiger partial charge in [-0.2, -0.15) is 0 Å². The molecule has 2 aromatic rings. The molecule has 0 aliphatic carbocycles. The molecule has 0 N–H and O–H groups in total. The van der Waals surface area contributed by atoms with E-state index in [2.05, 4.69) is 11.1 Å². The Bertz CT molecular complexity index is 602. The van der Waals surface area contributed by atoms with Crippen molar-refractivity contribution in [2.75, 3.05) is 7.11 Å². The van der Waals surface area contributed by atoms with Crippen LogP contribution in [0.25, 0.3) is 10.6 Å². The minimum atomic E-state index is -0.0127. The molecule has 0 saturated carbocycles. The molecule has 1 aromatic heterocycles. The highest BCUT2D eigenvalue weighted by Gasteiger charge is 2.15. The Morgan fingerprint density at radius 1 is 1.33 bits per heavy atom. The van der Waals surface area contributed by atoms with Crippen LogP contribution in [0.5, 0.6) is 5.75 Å². The number of aryl methyl sites for hydroxylation is 2. The van der Waals surface area contributed by atoms with Gasteiger partial charge < -0.3 is 4.74 Å². The summed E-state index contributed by atoms with van der Waals surface area (Å²) < 4.78 is 5.41. The van der Waals surface area contributed by atoms with Gasteiger partial charge in [-0.05, 0) is 31.0 Å². The number of ketones is 1. The third kappa shape index (κ3) is 2.29. The first kappa shape index (κ1) is 12.8. The molecule has 1 aromatic carbocycles. The summed E-state index contributed by atoms with van der Waals surface area (Å²) in [6, 6.07) is 4.07. The lowest BCUT2D eigenvalue weighted by Gasteiger charge is -2.10. The van der Waals surface area contributed by atoms with Crippen LogP contribution in [0.1, 0.15) is 28.5 Å². The van der Waals surface area contributed by atoms with Gasteiger partial charge in [0.15, 0.2) is 5.78 Å². The number of nitrogens with zero attached hydrogens (tertiary/aromatic N) is 1. The number of ether oxygens (including phenoxy) is 1. The molecule has 0 spiro atoms. The van der Waals surface area contributed by atoms with Gasteiger partial charge in [0.05, 0.1) is 12.7 Å². The zero-order chi connectivity index (χ0) is 13.3. The maximum Gasteiger partial charge on any atom is 0.178 e. The highest BCUT2D eigenvalue weighted by molar-refractivity contribution is 7.13. The predicted octanol–water partition coefficient (Wildman–Crippen LogP) is 3.64. The van der Waals surface area contributed by atoms with Gasteiger partial charge >= 0.3 is 0 Å². The SMILES string of the molecule is COc1cc(C)cc(C)c1-c1nc(C(C)=O)cs1. The van der Waals surface area contributed by atoms with Crippen LogP contribution in [0.15, 0.2) is 17.5 Å². The topological polar surface area (TPSA) is 39.2 Å². The fourth-order valence-electron chi connectivity index (χ4n) is 1.91. The lowest BCUT2D eigenvalue weighted by molar-refractivity contribution is 0.101. The monoisotopic (exact) mass is 261 g/mol. The molecule has 4 heteroatoms. The maximum absolute atomic E-state index is 11.3. The van der Waals surface area contributed by atoms with E-state index in [0.29, 0.717) is 5.69 Å². The van der Waals surface area contributed by atoms with Gasteiger partial charge in [0.1, 0.15) is 16.5 Å². The quantitative estimate of drug-likeness (QED) is 0.792. The van der Waals surface area contributed by atoms with Crippen molar-refractivity contribution in [3.63, 3.8) is 0 Å². The molecular weight excluding hydrogens is 246 g/mol. The lowest BCUT2D eigenvalue weighted by atomic mass is 10.0.